The maximum Gasteiger partial charge on any atom is 0.435 e. The molecule has 0 aliphatic heterocycles. The molecule has 0 fully saturated rings. The van der Waals surface area contributed by atoms with Crippen LogP contribution in [-0.4, -0.2) is 34.4 Å². The Hall–Kier alpha value is -3.05. The molecule has 1 aromatic carbocycles. The summed E-state index contributed by atoms with van der Waals surface area (Å²) in [6.07, 6.45) is -0.723. The maximum absolute atomic E-state index is 13.5. The molecule has 0 bridgehead atoms. The zero-order valence-corrected chi connectivity index (χ0v) is 17.9. The van der Waals surface area contributed by atoms with Crippen molar-refractivity contribution < 1.29 is 21.6 Å². The Bertz CT molecular complexity index is 1360. The van der Waals surface area contributed by atoms with E-state index in [1.807, 2.05) is 6.92 Å². The largest absolute Gasteiger partial charge is 0.435 e. The van der Waals surface area contributed by atoms with Crippen LogP contribution in [0.3, 0.4) is 0 Å². The number of sulfone groups is 1. The van der Waals surface area contributed by atoms with Gasteiger partial charge in [-0.15, -0.1) is 11.3 Å². The molecular formula is C20H15F3N4O2S2. The summed E-state index contributed by atoms with van der Waals surface area (Å²) in [4.78, 5) is 8.79. The molecule has 0 aliphatic carbocycles. The molecule has 11 heteroatoms. The second-order valence-corrected chi connectivity index (χ2v) is 9.69. The molecule has 31 heavy (non-hydrogen) atoms. The van der Waals surface area contributed by atoms with E-state index in [1.165, 1.54) is 29.7 Å². The topological polar surface area (TPSA) is 77.7 Å². The van der Waals surface area contributed by atoms with Crippen LogP contribution in [0.2, 0.25) is 0 Å². The molecule has 0 atom stereocenters. The molecule has 0 saturated heterocycles. The highest BCUT2D eigenvalue weighted by atomic mass is 32.2. The van der Waals surface area contributed by atoms with Gasteiger partial charge in [-0.05, 0) is 42.3 Å². The van der Waals surface area contributed by atoms with Gasteiger partial charge in [0, 0.05) is 24.2 Å². The van der Waals surface area contributed by atoms with Gasteiger partial charge in [0.2, 0.25) is 0 Å². The van der Waals surface area contributed by atoms with E-state index in [-0.39, 0.29) is 16.4 Å². The first-order valence-corrected chi connectivity index (χ1v) is 11.7. The molecule has 3 heterocycles. The number of halogens is 3. The van der Waals surface area contributed by atoms with Crippen molar-refractivity contribution in [1.29, 1.82) is 0 Å². The van der Waals surface area contributed by atoms with Gasteiger partial charge in [-0.1, -0.05) is 12.1 Å². The summed E-state index contributed by atoms with van der Waals surface area (Å²) >= 11 is 1.45. The third-order valence-corrected chi connectivity index (χ3v) is 6.49. The van der Waals surface area contributed by atoms with Gasteiger partial charge in [0.1, 0.15) is 4.90 Å². The minimum atomic E-state index is -4.71. The number of rotatable bonds is 4. The van der Waals surface area contributed by atoms with Crippen molar-refractivity contribution in [2.45, 2.75) is 18.0 Å². The van der Waals surface area contributed by atoms with Crippen LogP contribution in [0.4, 0.5) is 13.2 Å². The molecule has 0 radical (unpaired) electrons. The second-order valence-electron chi connectivity index (χ2n) is 6.82. The molecule has 160 valence electrons. The van der Waals surface area contributed by atoms with E-state index in [1.54, 1.807) is 29.9 Å². The fourth-order valence-electron chi connectivity index (χ4n) is 3.17. The van der Waals surface area contributed by atoms with Crippen molar-refractivity contribution in [2.75, 3.05) is 6.26 Å². The first-order chi connectivity index (χ1) is 14.6. The molecule has 4 rings (SSSR count). The van der Waals surface area contributed by atoms with E-state index in [9.17, 15) is 21.6 Å². The fraction of sp³-hybridized carbons (Fsp3) is 0.150. The van der Waals surface area contributed by atoms with Crippen molar-refractivity contribution in [3.05, 3.63) is 65.6 Å². The van der Waals surface area contributed by atoms with Crippen LogP contribution in [0.15, 0.2) is 59.2 Å². The third kappa shape index (κ3) is 4.10. The molecule has 0 saturated carbocycles. The van der Waals surface area contributed by atoms with E-state index in [2.05, 4.69) is 15.1 Å². The summed E-state index contributed by atoms with van der Waals surface area (Å²) < 4.78 is 65.7. The molecule has 0 N–H and O–H groups in total. The van der Waals surface area contributed by atoms with Gasteiger partial charge >= 0.3 is 6.18 Å². The average molecular weight is 464 g/mol. The van der Waals surface area contributed by atoms with Gasteiger partial charge in [-0.3, -0.25) is 4.98 Å². The summed E-state index contributed by atoms with van der Waals surface area (Å²) in [6.45, 7) is 1.84. The predicted octanol–water partition coefficient (Wildman–Crippen LogP) is 4.79. The van der Waals surface area contributed by atoms with Gasteiger partial charge in [-0.25, -0.2) is 18.1 Å². The SMILES string of the molecule is Cc1cc(-c2cc(C(F)(F)F)nn2-c2ncccc2S(C)(=O)=O)ccc1-c1cncs1. The van der Waals surface area contributed by atoms with E-state index in [0.29, 0.717) is 5.56 Å². The normalized spacial score (nSPS) is 12.3. The number of aromatic nitrogens is 4. The Morgan fingerprint density at radius 3 is 2.52 bits per heavy atom. The lowest BCUT2D eigenvalue weighted by Crippen LogP contribution is -2.11. The van der Waals surface area contributed by atoms with E-state index in [0.717, 1.165) is 33.0 Å². The average Bonchev–Trinajstić information content (AvgIpc) is 3.37. The first kappa shape index (κ1) is 21.2. The second kappa shape index (κ2) is 7.57. The number of nitrogens with zero attached hydrogens (tertiary/aromatic N) is 4. The van der Waals surface area contributed by atoms with Crippen LogP contribution >= 0.6 is 11.3 Å². The van der Waals surface area contributed by atoms with E-state index < -0.39 is 21.7 Å². The van der Waals surface area contributed by atoms with Crippen molar-refractivity contribution >= 4 is 21.2 Å². The molecule has 6 nitrogen and oxygen atoms in total. The zero-order chi connectivity index (χ0) is 22.4. The highest BCUT2D eigenvalue weighted by Crippen LogP contribution is 2.36. The fourth-order valence-corrected chi connectivity index (χ4v) is 4.68. The lowest BCUT2D eigenvalue weighted by molar-refractivity contribution is -0.141. The Labute approximate surface area is 180 Å². The van der Waals surface area contributed by atoms with Crippen LogP contribution in [0, 0.1) is 6.92 Å². The summed E-state index contributed by atoms with van der Waals surface area (Å²) in [5.74, 6) is -0.195. The van der Waals surface area contributed by atoms with Gasteiger partial charge in [-0.2, -0.15) is 18.3 Å². The molecule has 0 amide bonds. The van der Waals surface area contributed by atoms with Crippen molar-refractivity contribution in [1.82, 2.24) is 19.7 Å². The predicted molar refractivity (Wildman–Crippen MR) is 111 cm³/mol. The highest BCUT2D eigenvalue weighted by Gasteiger charge is 2.36. The van der Waals surface area contributed by atoms with Crippen molar-refractivity contribution in [3.8, 4) is 27.5 Å². The smallest absolute Gasteiger partial charge is 0.252 e. The van der Waals surface area contributed by atoms with Crippen molar-refractivity contribution in [3.63, 3.8) is 0 Å². The Balaban J connectivity index is 1.94. The highest BCUT2D eigenvalue weighted by molar-refractivity contribution is 7.90. The number of hydrogen-bond acceptors (Lipinski definition) is 6. The first-order valence-electron chi connectivity index (χ1n) is 8.88. The summed E-state index contributed by atoms with van der Waals surface area (Å²) in [5, 5.41) is 3.66. The van der Waals surface area contributed by atoms with Crippen LogP contribution < -0.4 is 0 Å². The van der Waals surface area contributed by atoms with Gasteiger partial charge < -0.3 is 0 Å². The summed E-state index contributed by atoms with van der Waals surface area (Å²) in [6, 6.07) is 8.77. The lowest BCUT2D eigenvalue weighted by atomic mass is 10.0. The number of aryl methyl sites for hydroxylation is 1. The number of thiazole rings is 1. The molecule has 4 aromatic rings. The maximum atomic E-state index is 13.5. The van der Waals surface area contributed by atoms with E-state index in [4.69, 9.17) is 0 Å². The lowest BCUT2D eigenvalue weighted by Gasteiger charge is -2.12. The third-order valence-electron chi connectivity index (χ3n) is 4.57. The molecular weight excluding hydrogens is 449 g/mol. The minimum absolute atomic E-state index is 0.0786. The van der Waals surface area contributed by atoms with Crippen molar-refractivity contribution in [2.24, 2.45) is 0 Å². The molecule has 0 aliphatic rings. The molecule has 0 unspecified atom stereocenters. The number of hydrogen-bond donors (Lipinski definition) is 0. The Morgan fingerprint density at radius 2 is 1.90 bits per heavy atom. The summed E-state index contributed by atoms with van der Waals surface area (Å²) in [5.41, 5.74) is 2.81. The number of benzene rings is 1. The minimum Gasteiger partial charge on any atom is -0.252 e. The zero-order valence-electron chi connectivity index (χ0n) is 16.3. The van der Waals surface area contributed by atoms with Crippen LogP contribution in [0.1, 0.15) is 11.3 Å². The monoisotopic (exact) mass is 464 g/mol. The Kier molecular flexibility index (Phi) is 5.18. The Morgan fingerprint density at radius 1 is 1.13 bits per heavy atom. The summed E-state index contributed by atoms with van der Waals surface area (Å²) in [7, 11) is -3.76. The molecule has 3 aromatic heterocycles. The number of pyridine rings is 1. The number of alkyl halides is 3. The standard InChI is InChI=1S/C20H15F3N4O2S2/c1-12-8-13(5-6-14(12)16-10-24-11-30-16)15-9-18(20(21,22)23)26-27(15)19-17(31(2,28)29)4-3-7-25-19/h3-11H,1-2H3. The van der Waals surface area contributed by atoms with Gasteiger partial charge in [0.05, 0.1) is 16.1 Å². The van der Waals surface area contributed by atoms with Crippen LogP contribution in [0.5, 0.6) is 0 Å². The van der Waals surface area contributed by atoms with Crippen LogP contribution in [-0.2, 0) is 16.0 Å². The molecule has 0 spiro atoms. The quantitative estimate of drug-likeness (QED) is 0.434. The van der Waals surface area contributed by atoms with Gasteiger partial charge in [0.15, 0.2) is 21.3 Å². The van der Waals surface area contributed by atoms with Crippen LogP contribution in [0.25, 0.3) is 27.5 Å². The van der Waals surface area contributed by atoms with Gasteiger partial charge in [0.25, 0.3) is 0 Å². The van der Waals surface area contributed by atoms with E-state index >= 15 is 0 Å².